The minimum atomic E-state index is -1.21. The van der Waals surface area contributed by atoms with Crippen molar-refractivity contribution in [2.24, 2.45) is 10.7 Å². The van der Waals surface area contributed by atoms with E-state index in [9.17, 15) is 0 Å². The first kappa shape index (κ1) is 29.8. The Labute approximate surface area is 231 Å². The van der Waals surface area contributed by atoms with E-state index in [0.717, 1.165) is 44.2 Å². The summed E-state index contributed by atoms with van der Waals surface area (Å²) >= 11 is 1.56. The number of nitrogens with zero attached hydrogens (tertiary/aromatic N) is 6. The number of allylic oxidation sites excluding steroid dienone is 1. The normalized spacial score (nSPS) is 13.2. The van der Waals surface area contributed by atoms with Gasteiger partial charge in [0.05, 0.1) is 23.7 Å². The van der Waals surface area contributed by atoms with Gasteiger partial charge in [0.2, 0.25) is 5.13 Å². The van der Waals surface area contributed by atoms with Crippen LogP contribution in [0.4, 0.5) is 10.9 Å². The van der Waals surface area contributed by atoms with Crippen molar-refractivity contribution in [2.75, 3.05) is 31.9 Å². The zero-order valence-corrected chi connectivity index (χ0v) is 25.7. The van der Waals surface area contributed by atoms with Crippen LogP contribution < -0.4 is 10.6 Å². The van der Waals surface area contributed by atoms with Crippen molar-refractivity contribution in [1.29, 1.82) is 0 Å². The fraction of sp³-hybridized carbons (Fsp3) is 0.519. The van der Waals surface area contributed by atoms with Crippen molar-refractivity contribution in [2.45, 2.75) is 65.4 Å². The SMILES string of the molecule is CN=CC(=C(N)COC(C)C)c1cnc2ccc(N(COCC[Si](C)(C)C)c3nnc(C(C)C)s3)nc2c1. The van der Waals surface area contributed by atoms with Crippen molar-refractivity contribution in [3.05, 3.63) is 40.7 Å². The van der Waals surface area contributed by atoms with Gasteiger partial charge in [-0.1, -0.05) is 44.8 Å². The summed E-state index contributed by atoms with van der Waals surface area (Å²) in [6.07, 6.45) is 3.60. The van der Waals surface area contributed by atoms with E-state index < -0.39 is 8.07 Å². The highest BCUT2D eigenvalue weighted by molar-refractivity contribution is 7.15. The largest absolute Gasteiger partial charge is 0.400 e. The zero-order chi connectivity index (χ0) is 27.9. The molecule has 11 heteroatoms. The molecular weight excluding hydrogens is 514 g/mol. The number of nitrogens with two attached hydrogens (primary N) is 1. The van der Waals surface area contributed by atoms with E-state index in [1.54, 1.807) is 30.8 Å². The minimum Gasteiger partial charge on any atom is -0.400 e. The second kappa shape index (κ2) is 13.4. The van der Waals surface area contributed by atoms with Gasteiger partial charge in [0, 0.05) is 56.9 Å². The van der Waals surface area contributed by atoms with E-state index in [4.69, 9.17) is 20.2 Å². The number of hydrogen-bond donors (Lipinski definition) is 1. The second-order valence-corrected chi connectivity index (χ2v) is 17.6. The molecule has 0 unspecified atom stereocenters. The van der Waals surface area contributed by atoms with Crippen LogP contribution in [-0.4, -0.2) is 67.6 Å². The molecule has 0 bridgehead atoms. The van der Waals surface area contributed by atoms with Crippen molar-refractivity contribution >= 4 is 53.2 Å². The van der Waals surface area contributed by atoms with Gasteiger partial charge in [-0.15, -0.1) is 10.2 Å². The monoisotopic (exact) mass is 555 g/mol. The Morgan fingerprint density at radius 1 is 1.16 bits per heavy atom. The zero-order valence-electron chi connectivity index (χ0n) is 23.9. The van der Waals surface area contributed by atoms with Gasteiger partial charge in [0.1, 0.15) is 17.6 Å². The first-order valence-corrected chi connectivity index (χ1v) is 17.5. The summed E-state index contributed by atoms with van der Waals surface area (Å²) < 4.78 is 11.8. The molecular formula is C27H41N7O2SSi. The molecule has 0 saturated heterocycles. The third kappa shape index (κ3) is 8.39. The van der Waals surface area contributed by atoms with Crippen molar-refractivity contribution in [3.63, 3.8) is 0 Å². The van der Waals surface area contributed by atoms with Gasteiger partial charge >= 0.3 is 0 Å². The Morgan fingerprint density at radius 3 is 2.55 bits per heavy atom. The van der Waals surface area contributed by atoms with Crippen LogP contribution >= 0.6 is 11.3 Å². The van der Waals surface area contributed by atoms with Crippen LogP contribution in [0.15, 0.2) is 35.1 Å². The van der Waals surface area contributed by atoms with Crippen molar-refractivity contribution < 1.29 is 9.47 Å². The minimum absolute atomic E-state index is 0.0721. The molecule has 0 aliphatic carbocycles. The lowest BCUT2D eigenvalue weighted by Crippen LogP contribution is -2.26. The van der Waals surface area contributed by atoms with Gasteiger partial charge in [-0.2, -0.15) is 0 Å². The molecule has 3 aromatic heterocycles. The Morgan fingerprint density at radius 2 is 1.92 bits per heavy atom. The maximum Gasteiger partial charge on any atom is 0.215 e. The number of hydrogen-bond acceptors (Lipinski definition) is 10. The Hall–Kier alpha value is -2.73. The molecule has 2 N–H and O–H groups in total. The highest BCUT2D eigenvalue weighted by Gasteiger charge is 2.20. The van der Waals surface area contributed by atoms with Crippen LogP contribution in [0.25, 0.3) is 16.6 Å². The number of anilines is 2. The van der Waals surface area contributed by atoms with Crippen molar-refractivity contribution in [3.8, 4) is 0 Å². The first-order valence-electron chi connectivity index (χ1n) is 13.0. The molecule has 0 fully saturated rings. The maximum absolute atomic E-state index is 6.39. The molecule has 3 rings (SSSR count). The van der Waals surface area contributed by atoms with Crippen LogP contribution in [0.1, 0.15) is 44.2 Å². The Balaban J connectivity index is 1.98. The molecule has 0 aromatic carbocycles. The summed E-state index contributed by atoms with van der Waals surface area (Å²) in [6.45, 7) is 16.6. The molecule has 38 heavy (non-hydrogen) atoms. The van der Waals surface area contributed by atoms with E-state index in [1.807, 2.05) is 36.9 Å². The lowest BCUT2D eigenvalue weighted by molar-refractivity contribution is 0.0970. The number of aliphatic imine (C=N–C) groups is 1. The summed E-state index contributed by atoms with van der Waals surface area (Å²) in [5.41, 5.74) is 10.1. The summed E-state index contributed by atoms with van der Waals surface area (Å²) in [6, 6.07) is 6.98. The molecule has 3 aromatic rings. The van der Waals surface area contributed by atoms with Gasteiger partial charge in [-0.25, -0.2) is 4.98 Å². The molecule has 9 nitrogen and oxygen atoms in total. The standard InChI is InChI=1S/C27H41N7O2SSi/c1-18(2)26-32-33-27(37-26)34(17-35-11-12-38(6,7)8)25-10-9-23-24(31-25)13-20(14-30-23)21(15-29-5)22(28)16-36-19(3)4/h9-10,13-15,18-19H,11-12,16-17,28H2,1-8H3. The number of fused-ring (bicyclic) bond motifs is 1. The Bertz CT molecular complexity index is 1270. The third-order valence-electron chi connectivity index (χ3n) is 5.66. The van der Waals surface area contributed by atoms with Gasteiger partial charge in [0.15, 0.2) is 0 Å². The molecule has 0 aliphatic heterocycles. The smallest absolute Gasteiger partial charge is 0.215 e. The van der Waals surface area contributed by atoms with Crippen LogP contribution in [0, 0.1) is 0 Å². The fourth-order valence-electron chi connectivity index (χ4n) is 3.42. The number of pyridine rings is 2. The Kier molecular flexibility index (Phi) is 10.5. The predicted molar refractivity (Wildman–Crippen MR) is 161 cm³/mol. The molecule has 206 valence electrons. The van der Waals surface area contributed by atoms with E-state index in [2.05, 4.69) is 53.7 Å². The number of ether oxygens (including phenoxy) is 2. The molecule has 0 atom stereocenters. The first-order chi connectivity index (χ1) is 18.0. The molecule has 0 aliphatic rings. The van der Waals surface area contributed by atoms with E-state index in [1.165, 1.54) is 0 Å². The quantitative estimate of drug-likeness (QED) is 0.121. The van der Waals surface area contributed by atoms with Crippen LogP contribution in [-0.2, 0) is 9.47 Å². The van der Waals surface area contributed by atoms with Crippen LogP contribution in [0.2, 0.25) is 25.7 Å². The molecule has 0 saturated carbocycles. The molecule has 0 radical (unpaired) electrons. The maximum atomic E-state index is 6.39. The predicted octanol–water partition coefficient (Wildman–Crippen LogP) is 5.85. The molecule has 0 amide bonds. The van der Waals surface area contributed by atoms with Gasteiger partial charge in [-0.05, 0) is 38.1 Å². The molecule has 3 heterocycles. The highest BCUT2D eigenvalue weighted by atomic mass is 32.1. The van der Waals surface area contributed by atoms with E-state index in [0.29, 0.717) is 31.6 Å². The highest BCUT2D eigenvalue weighted by Crippen LogP contribution is 2.31. The lowest BCUT2D eigenvalue weighted by atomic mass is 10.1. The van der Waals surface area contributed by atoms with E-state index >= 15 is 0 Å². The average Bonchev–Trinajstić information content (AvgIpc) is 3.35. The number of aromatic nitrogens is 4. The van der Waals surface area contributed by atoms with Crippen LogP contribution in [0.5, 0.6) is 0 Å². The van der Waals surface area contributed by atoms with Gasteiger partial charge in [-0.3, -0.25) is 14.9 Å². The average molecular weight is 556 g/mol. The fourth-order valence-corrected chi connectivity index (χ4v) is 5.02. The lowest BCUT2D eigenvalue weighted by Gasteiger charge is -2.22. The summed E-state index contributed by atoms with van der Waals surface area (Å²) in [7, 11) is 0.510. The van der Waals surface area contributed by atoms with Gasteiger partial charge < -0.3 is 15.2 Å². The van der Waals surface area contributed by atoms with E-state index in [-0.39, 0.29) is 6.10 Å². The third-order valence-corrected chi connectivity index (χ3v) is 8.61. The summed E-state index contributed by atoms with van der Waals surface area (Å²) in [5, 5.41) is 10.6. The molecule has 0 spiro atoms. The second-order valence-electron chi connectivity index (χ2n) is 11.0. The summed E-state index contributed by atoms with van der Waals surface area (Å²) in [4.78, 5) is 15.8. The number of rotatable bonds is 13. The van der Waals surface area contributed by atoms with Gasteiger partial charge in [0.25, 0.3) is 0 Å². The summed E-state index contributed by atoms with van der Waals surface area (Å²) in [5.74, 6) is 1.02. The van der Waals surface area contributed by atoms with Crippen LogP contribution in [0.3, 0.4) is 0 Å². The van der Waals surface area contributed by atoms with Crippen molar-refractivity contribution in [1.82, 2.24) is 20.2 Å². The topological polar surface area (TPSA) is 112 Å².